The van der Waals surface area contributed by atoms with Crippen molar-refractivity contribution in [2.24, 2.45) is 5.92 Å². The van der Waals surface area contributed by atoms with Gasteiger partial charge in [-0.3, -0.25) is 4.79 Å². The largest absolute Gasteiger partial charge is 0.481 e. The van der Waals surface area contributed by atoms with Crippen LogP contribution >= 0.6 is 0 Å². The predicted octanol–water partition coefficient (Wildman–Crippen LogP) is 2.76. The van der Waals surface area contributed by atoms with Crippen LogP contribution in [0.4, 0.5) is 0 Å². The molecule has 3 heteroatoms. The number of hydrogen-bond acceptors (Lipinski definition) is 1. The van der Waals surface area contributed by atoms with Crippen LogP contribution in [0, 0.1) is 5.92 Å². The number of carbonyl (C=O) groups is 1. The first-order valence-corrected chi connectivity index (χ1v) is 4.85. The summed E-state index contributed by atoms with van der Waals surface area (Å²) in [7, 11) is 0. The Morgan fingerprint density at radius 3 is 2.00 bits per heavy atom. The van der Waals surface area contributed by atoms with Gasteiger partial charge < -0.3 is 5.11 Å². The maximum atomic E-state index is 10.2. The standard InChI is InChI=1S/C6H8O2.C5H8.Fe/c7-6(8)5-3-1-2-4-5;1-2-4-5-3-1;/h1,3,5H,2,4H2,(H,7,8);1-2H,3-5H2;. The average molecular weight is 236 g/mol. The van der Waals surface area contributed by atoms with Crippen LogP contribution in [0.1, 0.15) is 32.1 Å². The predicted molar refractivity (Wildman–Crippen MR) is 52.5 cm³/mol. The molecule has 2 aliphatic rings. The van der Waals surface area contributed by atoms with Crippen LogP contribution in [-0.4, -0.2) is 11.1 Å². The molecule has 0 saturated heterocycles. The monoisotopic (exact) mass is 236 g/mol. The molecule has 0 aliphatic heterocycles. The number of aliphatic carboxylic acids is 1. The van der Waals surface area contributed by atoms with Gasteiger partial charge >= 0.3 is 5.97 Å². The molecule has 2 rings (SSSR count). The Morgan fingerprint density at radius 1 is 1.14 bits per heavy atom. The summed E-state index contributed by atoms with van der Waals surface area (Å²) in [5.41, 5.74) is 0. The molecule has 2 nitrogen and oxygen atoms in total. The van der Waals surface area contributed by atoms with E-state index in [9.17, 15) is 4.79 Å². The molecule has 0 aromatic heterocycles. The molecule has 14 heavy (non-hydrogen) atoms. The minimum absolute atomic E-state index is 0. The summed E-state index contributed by atoms with van der Waals surface area (Å²) >= 11 is 0. The third-order valence-electron chi connectivity index (χ3n) is 2.24. The van der Waals surface area contributed by atoms with Gasteiger partial charge in [-0.1, -0.05) is 24.3 Å². The Morgan fingerprint density at radius 2 is 1.79 bits per heavy atom. The van der Waals surface area contributed by atoms with Crippen LogP contribution in [0.3, 0.4) is 0 Å². The molecule has 80 valence electrons. The molecule has 0 radical (unpaired) electrons. The zero-order valence-corrected chi connectivity index (χ0v) is 9.24. The first-order valence-electron chi connectivity index (χ1n) is 4.85. The molecule has 0 spiro atoms. The second-order valence-corrected chi connectivity index (χ2v) is 3.35. The Balaban J connectivity index is 0.000000246. The third-order valence-corrected chi connectivity index (χ3v) is 2.24. The van der Waals surface area contributed by atoms with Crippen LogP contribution in [-0.2, 0) is 21.9 Å². The molecule has 1 unspecified atom stereocenters. The molecule has 0 aromatic rings. The minimum atomic E-state index is -0.696. The summed E-state index contributed by atoms with van der Waals surface area (Å²) in [6.45, 7) is 0. The van der Waals surface area contributed by atoms with Crippen LogP contribution in [0.2, 0.25) is 0 Å². The second-order valence-electron chi connectivity index (χ2n) is 3.35. The number of carboxylic acid groups (broad SMARTS) is 1. The summed E-state index contributed by atoms with van der Waals surface area (Å²) < 4.78 is 0. The molecule has 1 atom stereocenters. The SMILES string of the molecule is C1=CCCC1.O=C(O)C1C=CCC1.[Fe]. The molecular formula is C11H16FeO2. The van der Waals surface area contributed by atoms with Crippen molar-refractivity contribution in [1.82, 2.24) is 0 Å². The van der Waals surface area contributed by atoms with Crippen molar-refractivity contribution in [1.29, 1.82) is 0 Å². The Labute approximate surface area is 95.6 Å². The Bertz CT molecular complexity index is 215. The van der Waals surface area contributed by atoms with Gasteiger partial charge in [-0.2, -0.15) is 0 Å². The van der Waals surface area contributed by atoms with E-state index < -0.39 is 5.97 Å². The number of rotatable bonds is 1. The maximum absolute atomic E-state index is 10.2. The topological polar surface area (TPSA) is 37.3 Å². The van der Waals surface area contributed by atoms with E-state index in [1.165, 1.54) is 19.3 Å². The van der Waals surface area contributed by atoms with E-state index in [0.29, 0.717) is 0 Å². The molecule has 0 fully saturated rings. The summed E-state index contributed by atoms with van der Waals surface area (Å²) in [5, 5.41) is 8.36. The van der Waals surface area contributed by atoms with Crippen molar-refractivity contribution >= 4 is 5.97 Å². The van der Waals surface area contributed by atoms with Crippen molar-refractivity contribution < 1.29 is 27.0 Å². The number of hydrogen-bond donors (Lipinski definition) is 1. The summed E-state index contributed by atoms with van der Waals surface area (Å²) in [6.07, 6.45) is 13.9. The Hall–Kier alpha value is -0.531. The molecule has 0 bridgehead atoms. The van der Waals surface area contributed by atoms with Crippen molar-refractivity contribution in [3.63, 3.8) is 0 Å². The summed E-state index contributed by atoms with van der Waals surface area (Å²) in [6, 6.07) is 0. The summed E-state index contributed by atoms with van der Waals surface area (Å²) in [4.78, 5) is 10.2. The van der Waals surface area contributed by atoms with Crippen molar-refractivity contribution in [2.45, 2.75) is 32.1 Å². The quantitative estimate of drug-likeness (QED) is 0.561. The smallest absolute Gasteiger partial charge is 0.310 e. The molecule has 0 saturated carbocycles. The Kier molecular flexibility index (Phi) is 7.54. The van der Waals surface area contributed by atoms with Gasteiger partial charge in [0, 0.05) is 17.1 Å². The average Bonchev–Trinajstić information content (AvgIpc) is 2.82. The van der Waals surface area contributed by atoms with Crippen LogP contribution in [0.5, 0.6) is 0 Å². The van der Waals surface area contributed by atoms with Gasteiger partial charge in [0.2, 0.25) is 0 Å². The zero-order chi connectivity index (χ0) is 9.52. The van der Waals surface area contributed by atoms with Gasteiger partial charge in [0.05, 0.1) is 5.92 Å². The molecule has 0 amide bonds. The van der Waals surface area contributed by atoms with E-state index in [4.69, 9.17) is 5.11 Å². The number of carboxylic acids is 1. The first-order chi connectivity index (χ1) is 6.30. The number of allylic oxidation sites excluding steroid dienone is 3. The van der Waals surface area contributed by atoms with Crippen molar-refractivity contribution in [3.05, 3.63) is 24.3 Å². The fraction of sp³-hybridized carbons (Fsp3) is 0.545. The summed E-state index contributed by atoms with van der Waals surface area (Å²) in [5.74, 6) is -0.895. The molecule has 0 heterocycles. The molecule has 0 aromatic carbocycles. The third kappa shape index (κ3) is 5.25. The molecular weight excluding hydrogens is 220 g/mol. The van der Waals surface area contributed by atoms with E-state index in [-0.39, 0.29) is 23.0 Å². The van der Waals surface area contributed by atoms with E-state index >= 15 is 0 Å². The molecule has 2 aliphatic carbocycles. The van der Waals surface area contributed by atoms with E-state index in [2.05, 4.69) is 12.2 Å². The normalized spacial score (nSPS) is 22.4. The van der Waals surface area contributed by atoms with Gasteiger partial charge in [-0.15, -0.1) is 0 Å². The van der Waals surface area contributed by atoms with E-state index in [1.54, 1.807) is 6.08 Å². The fourth-order valence-corrected chi connectivity index (χ4v) is 1.43. The van der Waals surface area contributed by atoms with Gasteiger partial charge in [0.15, 0.2) is 0 Å². The first kappa shape index (κ1) is 13.5. The van der Waals surface area contributed by atoms with Gasteiger partial charge in [-0.05, 0) is 32.1 Å². The van der Waals surface area contributed by atoms with Crippen molar-refractivity contribution in [2.75, 3.05) is 0 Å². The van der Waals surface area contributed by atoms with Gasteiger partial charge in [0.25, 0.3) is 0 Å². The fourth-order valence-electron chi connectivity index (χ4n) is 1.43. The maximum Gasteiger partial charge on any atom is 0.310 e. The van der Waals surface area contributed by atoms with E-state index in [1.807, 2.05) is 6.08 Å². The van der Waals surface area contributed by atoms with Gasteiger partial charge in [-0.25, -0.2) is 0 Å². The van der Waals surface area contributed by atoms with Crippen LogP contribution in [0.25, 0.3) is 0 Å². The van der Waals surface area contributed by atoms with Crippen LogP contribution < -0.4 is 0 Å². The minimum Gasteiger partial charge on any atom is -0.481 e. The van der Waals surface area contributed by atoms with Crippen molar-refractivity contribution in [3.8, 4) is 0 Å². The van der Waals surface area contributed by atoms with Crippen LogP contribution in [0.15, 0.2) is 24.3 Å². The molecule has 1 N–H and O–H groups in total. The second kappa shape index (κ2) is 7.83. The van der Waals surface area contributed by atoms with Gasteiger partial charge in [0.1, 0.15) is 0 Å². The zero-order valence-electron chi connectivity index (χ0n) is 8.13. The van der Waals surface area contributed by atoms with E-state index in [0.717, 1.165) is 12.8 Å².